The van der Waals surface area contributed by atoms with Gasteiger partial charge in [-0.05, 0) is 50.1 Å². The number of carbonyl (C=O) groups is 1. The molecule has 5 nitrogen and oxygen atoms in total. The second-order valence-corrected chi connectivity index (χ2v) is 5.35. The highest BCUT2D eigenvalue weighted by molar-refractivity contribution is 9.11. The van der Waals surface area contributed by atoms with E-state index in [4.69, 9.17) is 0 Å². The molecule has 1 amide bonds. The van der Waals surface area contributed by atoms with Gasteiger partial charge in [-0.15, -0.1) is 5.10 Å². The molecule has 2 rings (SSSR count). The minimum absolute atomic E-state index is 0.0603. The number of halogens is 5. The first-order valence-corrected chi connectivity index (χ1v) is 7.07. The summed E-state index contributed by atoms with van der Waals surface area (Å²) in [6.07, 6.45) is -4.46. The van der Waals surface area contributed by atoms with Crippen molar-refractivity contribution in [1.82, 2.24) is 14.8 Å². The highest BCUT2D eigenvalue weighted by atomic mass is 79.9. The maximum Gasteiger partial charge on any atom is 0.416 e. The lowest BCUT2D eigenvalue weighted by atomic mass is 10.2. The van der Waals surface area contributed by atoms with E-state index in [1.54, 1.807) is 0 Å². The van der Waals surface area contributed by atoms with Crippen LogP contribution in [0.25, 0.3) is 0 Å². The van der Waals surface area contributed by atoms with E-state index in [2.05, 4.69) is 47.3 Å². The van der Waals surface area contributed by atoms with Crippen LogP contribution in [0.3, 0.4) is 0 Å². The van der Waals surface area contributed by atoms with Gasteiger partial charge >= 0.3 is 6.18 Å². The average molecular weight is 428 g/mol. The van der Waals surface area contributed by atoms with Gasteiger partial charge in [-0.3, -0.25) is 4.79 Å². The Labute approximate surface area is 133 Å². The van der Waals surface area contributed by atoms with E-state index < -0.39 is 17.6 Å². The number of anilines is 1. The van der Waals surface area contributed by atoms with Crippen molar-refractivity contribution in [2.75, 3.05) is 5.32 Å². The normalized spacial score (nSPS) is 11.5. The highest BCUT2D eigenvalue weighted by Gasteiger charge is 2.30. The van der Waals surface area contributed by atoms with Crippen molar-refractivity contribution in [3.8, 4) is 0 Å². The van der Waals surface area contributed by atoms with Gasteiger partial charge in [-0.2, -0.15) is 18.2 Å². The van der Waals surface area contributed by atoms with E-state index in [-0.39, 0.29) is 12.2 Å². The Kier molecular flexibility index (Phi) is 4.67. The molecule has 0 aliphatic heterocycles. The molecule has 1 heterocycles. The Morgan fingerprint density at radius 3 is 2.62 bits per heavy atom. The number of carbonyl (C=O) groups excluding carboxylic acids is 1. The van der Waals surface area contributed by atoms with Crippen LogP contribution >= 0.6 is 31.9 Å². The third kappa shape index (κ3) is 4.27. The zero-order valence-electron chi connectivity index (χ0n) is 10.2. The van der Waals surface area contributed by atoms with Crippen molar-refractivity contribution in [2.24, 2.45) is 0 Å². The molecule has 0 saturated carbocycles. The number of hydrogen-bond acceptors (Lipinski definition) is 3. The van der Waals surface area contributed by atoms with Crippen LogP contribution in [0.15, 0.2) is 33.7 Å². The van der Waals surface area contributed by atoms with Crippen molar-refractivity contribution in [3.63, 3.8) is 0 Å². The van der Waals surface area contributed by atoms with E-state index >= 15 is 0 Å². The van der Waals surface area contributed by atoms with E-state index in [1.165, 1.54) is 16.8 Å². The van der Waals surface area contributed by atoms with Gasteiger partial charge in [0.05, 0.1) is 5.56 Å². The molecule has 1 aromatic heterocycles. The van der Waals surface area contributed by atoms with Gasteiger partial charge in [-0.25, -0.2) is 4.68 Å². The van der Waals surface area contributed by atoms with E-state index in [1.807, 2.05) is 0 Å². The topological polar surface area (TPSA) is 59.8 Å². The molecule has 0 radical (unpaired) electrons. The van der Waals surface area contributed by atoms with Gasteiger partial charge in [0.2, 0.25) is 10.6 Å². The molecule has 0 atom stereocenters. The van der Waals surface area contributed by atoms with Crippen LogP contribution in [0.1, 0.15) is 5.56 Å². The SMILES string of the molecule is O=C(Cn1nc(Br)nc1Br)Nc1cccc(C(F)(F)F)c1. The highest BCUT2D eigenvalue weighted by Crippen LogP contribution is 2.30. The fraction of sp³-hybridized carbons (Fsp3) is 0.182. The summed E-state index contributed by atoms with van der Waals surface area (Å²) in [5.74, 6) is -0.521. The van der Waals surface area contributed by atoms with Gasteiger partial charge < -0.3 is 5.32 Å². The first-order valence-electron chi connectivity index (χ1n) is 5.48. The third-order valence-corrected chi connectivity index (χ3v) is 3.29. The number of rotatable bonds is 3. The van der Waals surface area contributed by atoms with Gasteiger partial charge in [0.25, 0.3) is 0 Å². The fourth-order valence-corrected chi connectivity index (χ4v) is 2.48. The minimum Gasteiger partial charge on any atom is -0.324 e. The first-order chi connectivity index (χ1) is 9.75. The molecule has 0 bridgehead atoms. The Morgan fingerprint density at radius 1 is 1.33 bits per heavy atom. The molecule has 0 aliphatic carbocycles. The lowest BCUT2D eigenvalue weighted by Crippen LogP contribution is -2.20. The predicted molar refractivity (Wildman–Crippen MR) is 75.5 cm³/mol. The average Bonchev–Trinajstić information content (AvgIpc) is 2.67. The molecule has 0 aliphatic rings. The van der Waals surface area contributed by atoms with Gasteiger partial charge in [0, 0.05) is 5.69 Å². The summed E-state index contributed by atoms with van der Waals surface area (Å²) >= 11 is 6.14. The Morgan fingerprint density at radius 2 is 2.05 bits per heavy atom. The molecule has 0 saturated heterocycles. The second kappa shape index (κ2) is 6.14. The molecule has 2 aromatic rings. The van der Waals surface area contributed by atoms with Crippen LogP contribution in [0.5, 0.6) is 0 Å². The van der Waals surface area contributed by atoms with Crippen molar-refractivity contribution < 1.29 is 18.0 Å². The molecular weight excluding hydrogens is 421 g/mol. The Hall–Kier alpha value is -1.42. The molecule has 0 fully saturated rings. The molecule has 1 aromatic carbocycles. The minimum atomic E-state index is -4.46. The summed E-state index contributed by atoms with van der Waals surface area (Å²) in [6.45, 7) is -0.185. The maximum atomic E-state index is 12.6. The van der Waals surface area contributed by atoms with Crippen molar-refractivity contribution >= 4 is 43.5 Å². The quantitative estimate of drug-likeness (QED) is 0.815. The Balaban J connectivity index is 2.08. The second-order valence-electron chi connectivity index (χ2n) is 3.93. The summed E-state index contributed by atoms with van der Waals surface area (Å²) in [5.41, 5.74) is -0.768. The number of nitrogens with one attached hydrogen (secondary N) is 1. The summed E-state index contributed by atoms with van der Waals surface area (Å²) < 4.78 is 39.6. The zero-order chi connectivity index (χ0) is 15.6. The predicted octanol–water partition coefficient (Wildman–Crippen LogP) is 3.46. The number of benzene rings is 1. The lowest BCUT2D eigenvalue weighted by Gasteiger charge is -2.10. The molecular formula is C11H7Br2F3N4O. The Bertz CT molecular complexity index is 672. The molecule has 10 heteroatoms. The lowest BCUT2D eigenvalue weighted by molar-refractivity contribution is -0.137. The van der Waals surface area contributed by atoms with E-state index in [9.17, 15) is 18.0 Å². The number of alkyl halides is 3. The van der Waals surface area contributed by atoms with Crippen LogP contribution in [0.2, 0.25) is 0 Å². The van der Waals surface area contributed by atoms with Crippen LogP contribution in [-0.4, -0.2) is 20.7 Å². The molecule has 112 valence electrons. The van der Waals surface area contributed by atoms with Crippen molar-refractivity contribution in [3.05, 3.63) is 39.3 Å². The van der Waals surface area contributed by atoms with E-state index in [0.29, 0.717) is 9.47 Å². The van der Waals surface area contributed by atoms with Gasteiger partial charge in [0.15, 0.2) is 4.73 Å². The zero-order valence-corrected chi connectivity index (χ0v) is 13.3. The smallest absolute Gasteiger partial charge is 0.324 e. The number of amides is 1. The monoisotopic (exact) mass is 426 g/mol. The van der Waals surface area contributed by atoms with Crippen molar-refractivity contribution in [1.29, 1.82) is 0 Å². The summed E-state index contributed by atoms with van der Waals surface area (Å²) in [4.78, 5) is 15.7. The summed E-state index contributed by atoms with van der Waals surface area (Å²) in [5, 5.41) is 6.26. The fourth-order valence-electron chi connectivity index (χ4n) is 1.51. The largest absolute Gasteiger partial charge is 0.416 e. The van der Waals surface area contributed by atoms with Crippen molar-refractivity contribution in [2.45, 2.75) is 12.7 Å². The molecule has 0 unspecified atom stereocenters. The molecule has 0 spiro atoms. The van der Waals surface area contributed by atoms with Crippen LogP contribution < -0.4 is 5.32 Å². The van der Waals surface area contributed by atoms with Crippen LogP contribution in [0, 0.1) is 0 Å². The maximum absolute atomic E-state index is 12.6. The first kappa shape index (κ1) is 16.0. The summed E-state index contributed by atoms with van der Waals surface area (Å²) in [7, 11) is 0. The number of nitrogens with zero attached hydrogens (tertiary/aromatic N) is 3. The van der Waals surface area contributed by atoms with Crippen LogP contribution in [0.4, 0.5) is 18.9 Å². The number of hydrogen-bond donors (Lipinski definition) is 1. The van der Waals surface area contributed by atoms with Gasteiger partial charge in [-0.1, -0.05) is 6.07 Å². The summed E-state index contributed by atoms with van der Waals surface area (Å²) in [6, 6.07) is 4.39. The standard InChI is InChI=1S/C11H7Br2F3N4O/c12-9-18-10(13)20(19-9)5-8(21)17-7-3-1-2-6(4-7)11(14,15)16/h1-4H,5H2,(H,17,21). The van der Waals surface area contributed by atoms with Crippen LogP contribution in [-0.2, 0) is 17.5 Å². The molecule has 1 N–H and O–H groups in total. The van der Waals surface area contributed by atoms with Gasteiger partial charge in [0.1, 0.15) is 6.54 Å². The molecule has 21 heavy (non-hydrogen) atoms. The number of aromatic nitrogens is 3. The third-order valence-electron chi connectivity index (χ3n) is 2.37. The van der Waals surface area contributed by atoms with E-state index in [0.717, 1.165) is 12.1 Å².